The molecule has 0 saturated carbocycles. The third-order valence-electron chi connectivity index (χ3n) is 2.40. The first-order valence-electron chi connectivity index (χ1n) is 4.49. The van der Waals surface area contributed by atoms with Crippen molar-refractivity contribution in [2.45, 2.75) is 25.6 Å². The Bertz CT molecular complexity index is 222. The zero-order valence-electron chi connectivity index (χ0n) is 8.23. The van der Waals surface area contributed by atoms with E-state index in [0.717, 1.165) is 13.0 Å². The minimum Gasteiger partial charge on any atom is -0.344 e. The third-order valence-corrected chi connectivity index (χ3v) is 2.40. The molecule has 1 heterocycles. The van der Waals surface area contributed by atoms with E-state index >= 15 is 0 Å². The molecule has 0 aromatic rings. The molecule has 3 nitrogen and oxygen atoms in total. The maximum Gasteiger partial charge on any atom is 0.471 e. The molecule has 1 fully saturated rings. The van der Waals surface area contributed by atoms with Crippen molar-refractivity contribution in [1.82, 2.24) is 10.6 Å². The van der Waals surface area contributed by atoms with Crippen LogP contribution in [0.5, 0.6) is 0 Å². The Hall–Kier alpha value is -0.490. The quantitative estimate of drug-likeness (QED) is 0.727. The predicted molar refractivity (Wildman–Crippen MR) is 51.9 cm³/mol. The maximum absolute atomic E-state index is 11.9. The van der Waals surface area contributed by atoms with Crippen molar-refractivity contribution in [3.05, 3.63) is 0 Å². The fourth-order valence-corrected chi connectivity index (χ4v) is 1.43. The molecule has 90 valence electrons. The molecule has 7 heteroatoms. The van der Waals surface area contributed by atoms with Crippen LogP contribution in [0.25, 0.3) is 0 Å². The van der Waals surface area contributed by atoms with Crippen LogP contribution in [0.2, 0.25) is 0 Å². The summed E-state index contributed by atoms with van der Waals surface area (Å²) in [5.41, 5.74) is 0. The van der Waals surface area contributed by atoms with E-state index in [1.807, 2.05) is 12.2 Å². The molecule has 0 unspecified atom stereocenters. The molecular weight excluding hydrogens is 233 g/mol. The molecule has 2 N–H and O–H groups in total. The summed E-state index contributed by atoms with van der Waals surface area (Å²) in [6, 6.07) is -0.419. The summed E-state index contributed by atoms with van der Waals surface area (Å²) in [7, 11) is 0. The van der Waals surface area contributed by atoms with Gasteiger partial charge < -0.3 is 10.6 Å². The Morgan fingerprint density at radius 3 is 2.53 bits per heavy atom. The Kier molecular flexibility index (Phi) is 5.37. The van der Waals surface area contributed by atoms with E-state index in [1.165, 1.54) is 0 Å². The average Bonchev–Trinajstić information content (AvgIpc) is 2.07. The molecule has 0 spiro atoms. The number of amides is 1. The minimum atomic E-state index is -4.78. The van der Waals surface area contributed by atoms with Gasteiger partial charge in [-0.3, -0.25) is 4.79 Å². The van der Waals surface area contributed by atoms with E-state index in [9.17, 15) is 18.0 Å². The zero-order chi connectivity index (χ0) is 10.8. The smallest absolute Gasteiger partial charge is 0.344 e. The van der Waals surface area contributed by atoms with E-state index < -0.39 is 18.1 Å². The monoisotopic (exact) mass is 246 g/mol. The van der Waals surface area contributed by atoms with Crippen LogP contribution in [-0.2, 0) is 4.79 Å². The van der Waals surface area contributed by atoms with Gasteiger partial charge in [-0.25, -0.2) is 0 Å². The van der Waals surface area contributed by atoms with E-state index in [1.54, 1.807) is 0 Å². The molecule has 1 rings (SSSR count). The largest absolute Gasteiger partial charge is 0.471 e. The number of halogens is 4. The van der Waals surface area contributed by atoms with Gasteiger partial charge in [0.15, 0.2) is 0 Å². The lowest BCUT2D eigenvalue weighted by atomic mass is 9.95. The van der Waals surface area contributed by atoms with Gasteiger partial charge in [-0.05, 0) is 18.9 Å². The second-order valence-electron chi connectivity index (χ2n) is 3.55. The zero-order valence-corrected chi connectivity index (χ0v) is 9.04. The molecule has 0 aromatic carbocycles. The van der Waals surface area contributed by atoms with Crippen LogP contribution in [-0.4, -0.2) is 31.2 Å². The van der Waals surface area contributed by atoms with E-state index in [2.05, 4.69) is 5.32 Å². The molecule has 2 atom stereocenters. The summed E-state index contributed by atoms with van der Waals surface area (Å²) >= 11 is 0. The number of rotatable bonds is 1. The number of hydrogen-bond donors (Lipinski definition) is 2. The second-order valence-corrected chi connectivity index (χ2v) is 3.55. The second kappa shape index (κ2) is 5.55. The van der Waals surface area contributed by atoms with Crippen LogP contribution in [0.3, 0.4) is 0 Å². The normalized spacial score (nSPS) is 26.7. The SMILES string of the molecule is C[C@@H]1CCNC[C@H]1NC(=O)C(F)(F)F.Cl. The lowest BCUT2D eigenvalue weighted by molar-refractivity contribution is -0.174. The van der Waals surface area contributed by atoms with Crippen molar-refractivity contribution in [3.8, 4) is 0 Å². The van der Waals surface area contributed by atoms with E-state index in [4.69, 9.17) is 0 Å². The Labute approximate surface area is 92.2 Å². The first-order chi connectivity index (χ1) is 6.41. The average molecular weight is 247 g/mol. The van der Waals surface area contributed by atoms with Crippen molar-refractivity contribution in [2.75, 3.05) is 13.1 Å². The first-order valence-corrected chi connectivity index (χ1v) is 4.49. The Morgan fingerprint density at radius 2 is 2.07 bits per heavy atom. The predicted octanol–water partition coefficient (Wildman–Crippen LogP) is 1.08. The number of carbonyl (C=O) groups excluding carboxylic acids is 1. The lowest BCUT2D eigenvalue weighted by Crippen LogP contribution is -2.53. The van der Waals surface area contributed by atoms with Crippen molar-refractivity contribution in [2.24, 2.45) is 5.92 Å². The molecule has 15 heavy (non-hydrogen) atoms. The van der Waals surface area contributed by atoms with Gasteiger partial charge in [-0.1, -0.05) is 6.92 Å². The highest BCUT2D eigenvalue weighted by atomic mass is 35.5. The number of alkyl halides is 3. The molecule has 0 bridgehead atoms. The summed E-state index contributed by atoms with van der Waals surface area (Å²) < 4.78 is 35.7. The van der Waals surface area contributed by atoms with Gasteiger partial charge in [0, 0.05) is 12.6 Å². The molecule has 1 amide bonds. The van der Waals surface area contributed by atoms with Gasteiger partial charge in [-0.15, -0.1) is 12.4 Å². The van der Waals surface area contributed by atoms with Crippen LogP contribution in [0.15, 0.2) is 0 Å². The number of piperidine rings is 1. The van der Waals surface area contributed by atoms with Crippen molar-refractivity contribution in [3.63, 3.8) is 0 Å². The van der Waals surface area contributed by atoms with Gasteiger partial charge in [-0.2, -0.15) is 13.2 Å². The highest BCUT2D eigenvalue weighted by molar-refractivity contribution is 5.85. The topological polar surface area (TPSA) is 41.1 Å². The highest BCUT2D eigenvalue weighted by Crippen LogP contribution is 2.17. The van der Waals surface area contributed by atoms with Crippen molar-refractivity contribution >= 4 is 18.3 Å². The molecule has 1 aliphatic rings. The van der Waals surface area contributed by atoms with Crippen LogP contribution in [0, 0.1) is 5.92 Å². The van der Waals surface area contributed by atoms with Crippen LogP contribution in [0.4, 0.5) is 13.2 Å². The summed E-state index contributed by atoms with van der Waals surface area (Å²) in [4.78, 5) is 10.6. The third kappa shape index (κ3) is 4.25. The fourth-order valence-electron chi connectivity index (χ4n) is 1.43. The van der Waals surface area contributed by atoms with Gasteiger partial charge in [0.05, 0.1) is 0 Å². The first kappa shape index (κ1) is 14.5. The summed E-state index contributed by atoms with van der Waals surface area (Å²) in [6.45, 7) is 3.03. The Balaban J connectivity index is 0.00000196. The molecule has 0 aromatic heterocycles. The molecule has 0 aliphatic carbocycles. The van der Waals surface area contributed by atoms with E-state index in [-0.39, 0.29) is 18.3 Å². The fraction of sp³-hybridized carbons (Fsp3) is 0.875. The highest BCUT2D eigenvalue weighted by Gasteiger charge is 2.40. The Morgan fingerprint density at radius 1 is 1.47 bits per heavy atom. The maximum atomic E-state index is 11.9. The van der Waals surface area contributed by atoms with Crippen LogP contribution >= 0.6 is 12.4 Å². The van der Waals surface area contributed by atoms with Gasteiger partial charge >= 0.3 is 12.1 Å². The van der Waals surface area contributed by atoms with Crippen LogP contribution in [0.1, 0.15) is 13.3 Å². The lowest BCUT2D eigenvalue weighted by Gasteiger charge is -2.30. The minimum absolute atomic E-state index is 0. The van der Waals surface area contributed by atoms with Crippen LogP contribution < -0.4 is 10.6 Å². The van der Waals surface area contributed by atoms with E-state index in [0.29, 0.717) is 6.54 Å². The molecule has 0 radical (unpaired) electrons. The number of carbonyl (C=O) groups is 1. The summed E-state index contributed by atoms with van der Waals surface area (Å²) in [6.07, 6.45) is -4.00. The molecule has 1 saturated heterocycles. The van der Waals surface area contributed by atoms with Gasteiger partial charge in [0.25, 0.3) is 0 Å². The van der Waals surface area contributed by atoms with Gasteiger partial charge in [0.1, 0.15) is 0 Å². The number of hydrogen-bond acceptors (Lipinski definition) is 2. The summed E-state index contributed by atoms with van der Waals surface area (Å²) in [5.74, 6) is -1.76. The van der Waals surface area contributed by atoms with Crippen molar-refractivity contribution in [1.29, 1.82) is 0 Å². The van der Waals surface area contributed by atoms with Crippen molar-refractivity contribution < 1.29 is 18.0 Å². The summed E-state index contributed by atoms with van der Waals surface area (Å²) in [5, 5.41) is 4.92. The number of nitrogens with one attached hydrogen (secondary N) is 2. The standard InChI is InChI=1S/C8H13F3N2O.ClH/c1-5-2-3-12-4-6(5)13-7(14)8(9,10)11;/h5-6,12H,2-4H2,1H3,(H,13,14);1H/t5-,6-;/m1./s1. The molecule has 1 aliphatic heterocycles. The van der Waals surface area contributed by atoms with Gasteiger partial charge in [0.2, 0.25) is 0 Å². The molecular formula is C8H14ClF3N2O.